The summed E-state index contributed by atoms with van der Waals surface area (Å²) in [5.41, 5.74) is -0.715. The molecular formula is C28H33O4P. The average molecular weight is 465 g/mol. The highest BCUT2D eigenvalue weighted by Gasteiger charge is 2.36. The van der Waals surface area contributed by atoms with Crippen molar-refractivity contribution in [3.05, 3.63) is 96.6 Å². The predicted molar refractivity (Wildman–Crippen MR) is 135 cm³/mol. The lowest BCUT2D eigenvalue weighted by molar-refractivity contribution is -0.00770. The molecule has 3 aromatic carbocycles. The summed E-state index contributed by atoms with van der Waals surface area (Å²) in [6, 6.07) is 27.8. The summed E-state index contributed by atoms with van der Waals surface area (Å²) in [7, 11) is -3.27. The monoisotopic (exact) mass is 464 g/mol. The fraction of sp³-hybridized carbons (Fsp3) is 0.321. The second-order valence-corrected chi connectivity index (χ2v) is 11.8. The van der Waals surface area contributed by atoms with Crippen molar-refractivity contribution >= 4 is 23.9 Å². The minimum Gasteiger partial charge on any atom is -0.456 e. The van der Waals surface area contributed by atoms with Crippen LogP contribution in [0.2, 0.25) is 0 Å². The molecule has 0 atom stereocenters. The summed E-state index contributed by atoms with van der Waals surface area (Å²) in [4.78, 5) is 12.4. The van der Waals surface area contributed by atoms with Gasteiger partial charge in [0, 0.05) is 10.6 Å². The first kappa shape index (κ1) is 25.0. The van der Waals surface area contributed by atoms with Gasteiger partial charge in [-0.3, -0.25) is 4.57 Å². The van der Waals surface area contributed by atoms with E-state index >= 15 is 0 Å². The van der Waals surface area contributed by atoms with Gasteiger partial charge in [0.2, 0.25) is 0 Å². The highest BCUT2D eigenvalue weighted by molar-refractivity contribution is 7.74. The van der Waals surface area contributed by atoms with Crippen LogP contribution in [-0.2, 0) is 13.8 Å². The number of ether oxygens (including phenoxy) is 1. The largest absolute Gasteiger partial charge is 0.456 e. The number of esters is 1. The van der Waals surface area contributed by atoms with E-state index in [0.717, 1.165) is 6.42 Å². The van der Waals surface area contributed by atoms with Gasteiger partial charge in [0.05, 0.1) is 11.2 Å². The Morgan fingerprint density at radius 3 is 1.61 bits per heavy atom. The number of carbonyl (C=O) groups excluding carboxylic acids is 1. The summed E-state index contributed by atoms with van der Waals surface area (Å²) in [5, 5.41) is 1.36. The molecule has 0 saturated carbocycles. The topological polar surface area (TPSA) is 52.6 Å². The maximum absolute atomic E-state index is 14.2. The number of carbonyl (C=O) groups is 1. The normalized spacial score (nSPS) is 12.4. The molecule has 0 aliphatic carbocycles. The Labute approximate surface area is 197 Å². The van der Waals surface area contributed by atoms with Gasteiger partial charge in [-0.1, -0.05) is 54.6 Å². The van der Waals surface area contributed by atoms with E-state index in [2.05, 4.69) is 0 Å². The molecule has 3 rings (SSSR count). The third kappa shape index (κ3) is 6.90. The molecule has 4 nitrogen and oxygen atoms in total. The van der Waals surface area contributed by atoms with Crippen molar-refractivity contribution in [1.82, 2.24) is 0 Å². The number of rotatable bonds is 10. The number of hydrogen-bond donors (Lipinski definition) is 0. The molecule has 5 heteroatoms. The van der Waals surface area contributed by atoms with E-state index in [-0.39, 0.29) is 5.97 Å². The van der Waals surface area contributed by atoms with E-state index in [4.69, 9.17) is 9.26 Å². The Morgan fingerprint density at radius 1 is 0.697 bits per heavy atom. The molecule has 0 aromatic heterocycles. The van der Waals surface area contributed by atoms with Crippen LogP contribution in [0.3, 0.4) is 0 Å². The molecule has 0 saturated heterocycles. The fourth-order valence-corrected chi connectivity index (χ4v) is 6.20. The first-order valence-corrected chi connectivity index (χ1v) is 12.9. The van der Waals surface area contributed by atoms with Crippen molar-refractivity contribution in [2.75, 3.05) is 0 Å². The van der Waals surface area contributed by atoms with Crippen molar-refractivity contribution < 1.29 is 18.6 Å². The zero-order valence-corrected chi connectivity index (χ0v) is 20.8. The van der Waals surface area contributed by atoms with Crippen molar-refractivity contribution in [3.63, 3.8) is 0 Å². The summed E-state index contributed by atoms with van der Waals surface area (Å²) in [6.07, 6.45) is 2.09. The lowest BCUT2D eigenvalue weighted by Gasteiger charge is -2.32. The summed E-state index contributed by atoms with van der Waals surface area (Å²) >= 11 is 0. The molecule has 0 bridgehead atoms. The molecule has 0 amide bonds. The lowest BCUT2D eigenvalue weighted by atomic mass is 9.95. The SMILES string of the molecule is CC(C)(CCCC(C)(C)OP(=O)(c1ccccc1)c1ccccc1)OC(=O)c1ccccc1. The van der Waals surface area contributed by atoms with Crippen molar-refractivity contribution in [2.45, 2.75) is 58.2 Å². The van der Waals surface area contributed by atoms with Gasteiger partial charge >= 0.3 is 5.97 Å². The maximum atomic E-state index is 14.2. The van der Waals surface area contributed by atoms with E-state index in [1.807, 2.05) is 107 Å². The number of hydrogen-bond acceptors (Lipinski definition) is 4. The van der Waals surface area contributed by atoms with Gasteiger partial charge in [0.1, 0.15) is 5.60 Å². The van der Waals surface area contributed by atoms with Gasteiger partial charge in [-0.25, -0.2) is 4.79 Å². The Bertz CT molecular complexity index is 1030. The highest BCUT2D eigenvalue weighted by Crippen LogP contribution is 2.49. The molecule has 0 spiro atoms. The zero-order chi connectivity index (χ0) is 24.0. The zero-order valence-electron chi connectivity index (χ0n) is 19.9. The minimum absolute atomic E-state index is 0.325. The lowest BCUT2D eigenvalue weighted by Crippen LogP contribution is -2.32. The van der Waals surface area contributed by atoms with Crippen LogP contribution >= 0.6 is 7.37 Å². The molecule has 174 valence electrons. The van der Waals surface area contributed by atoms with E-state index in [9.17, 15) is 9.36 Å². The van der Waals surface area contributed by atoms with Gasteiger partial charge in [-0.2, -0.15) is 0 Å². The van der Waals surface area contributed by atoms with Crippen molar-refractivity contribution in [2.24, 2.45) is 0 Å². The predicted octanol–water partition coefficient (Wildman–Crippen LogP) is 6.52. The fourth-order valence-electron chi connectivity index (χ4n) is 3.77. The van der Waals surface area contributed by atoms with Crippen LogP contribution in [0.5, 0.6) is 0 Å². The van der Waals surface area contributed by atoms with E-state index < -0.39 is 18.6 Å². The summed E-state index contributed by atoms with van der Waals surface area (Å²) in [5.74, 6) is -0.325. The van der Waals surface area contributed by atoms with Crippen molar-refractivity contribution in [3.8, 4) is 0 Å². The molecule has 0 radical (unpaired) electrons. The Balaban J connectivity index is 1.66. The van der Waals surface area contributed by atoms with Crippen LogP contribution in [0.25, 0.3) is 0 Å². The molecule has 0 heterocycles. The molecular weight excluding hydrogens is 431 g/mol. The second-order valence-electron chi connectivity index (χ2n) is 9.44. The molecule has 33 heavy (non-hydrogen) atoms. The third-order valence-corrected chi connectivity index (χ3v) is 8.21. The summed E-state index contributed by atoms with van der Waals surface area (Å²) in [6.45, 7) is 7.77. The van der Waals surface area contributed by atoms with Gasteiger partial charge in [0.15, 0.2) is 0 Å². The molecule has 0 aliphatic rings. The summed E-state index contributed by atoms with van der Waals surface area (Å²) < 4.78 is 26.4. The maximum Gasteiger partial charge on any atom is 0.338 e. The van der Waals surface area contributed by atoms with Crippen LogP contribution in [0.4, 0.5) is 0 Å². The molecule has 0 aliphatic heterocycles. The van der Waals surface area contributed by atoms with Crippen LogP contribution < -0.4 is 10.6 Å². The van der Waals surface area contributed by atoms with E-state index in [1.165, 1.54) is 0 Å². The average Bonchev–Trinajstić information content (AvgIpc) is 2.80. The van der Waals surface area contributed by atoms with E-state index in [1.54, 1.807) is 12.1 Å². The molecule has 0 unspecified atom stereocenters. The Kier molecular flexibility index (Phi) is 7.94. The Morgan fingerprint density at radius 2 is 1.12 bits per heavy atom. The Hall–Kier alpha value is -2.68. The minimum atomic E-state index is -3.27. The van der Waals surface area contributed by atoms with Crippen molar-refractivity contribution in [1.29, 1.82) is 0 Å². The first-order chi connectivity index (χ1) is 15.6. The second kappa shape index (κ2) is 10.5. The number of benzene rings is 3. The molecule has 0 N–H and O–H groups in total. The van der Waals surface area contributed by atoms with Crippen LogP contribution in [0.15, 0.2) is 91.0 Å². The van der Waals surface area contributed by atoms with Gasteiger partial charge in [-0.05, 0) is 83.4 Å². The first-order valence-electron chi connectivity index (χ1n) is 11.3. The van der Waals surface area contributed by atoms with Gasteiger partial charge in [0.25, 0.3) is 7.37 Å². The highest BCUT2D eigenvalue weighted by atomic mass is 31.2. The third-order valence-electron chi connectivity index (χ3n) is 5.50. The van der Waals surface area contributed by atoms with Gasteiger partial charge < -0.3 is 9.26 Å². The molecule has 0 fully saturated rings. The standard InChI is InChI=1S/C28H33O4P/c1-27(2,31-26(29)23-15-8-5-9-16-23)21-14-22-28(3,4)32-33(30,24-17-10-6-11-18-24)25-19-12-7-13-20-25/h5-13,15-20H,14,21-22H2,1-4H3. The van der Waals surface area contributed by atoms with Crippen LogP contribution in [-0.4, -0.2) is 17.2 Å². The van der Waals surface area contributed by atoms with Crippen LogP contribution in [0, 0.1) is 0 Å². The van der Waals surface area contributed by atoms with Gasteiger partial charge in [-0.15, -0.1) is 0 Å². The van der Waals surface area contributed by atoms with Crippen LogP contribution in [0.1, 0.15) is 57.3 Å². The van der Waals surface area contributed by atoms with E-state index in [0.29, 0.717) is 29.0 Å². The quantitative estimate of drug-likeness (QED) is 0.253. The smallest absolute Gasteiger partial charge is 0.338 e. The molecule has 3 aromatic rings.